The van der Waals surface area contributed by atoms with Crippen LogP contribution in [0.2, 0.25) is 5.02 Å². The molecule has 2 heterocycles. The summed E-state index contributed by atoms with van der Waals surface area (Å²) >= 11 is 9.76. The molecular weight excluding hydrogens is 594 g/mol. The number of hydrogen-bond acceptors (Lipinski definition) is 6. The van der Waals surface area contributed by atoms with E-state index in [1.807, 2.05) is 48.5 Å². The molecule has 6 rings (SSSR count). The Kier molecular flexibility index (Phi) is 7.11. The van der Waals surface area contributed by atoms with Crippen LogP contribution in [0.4, 0.5) is 0 Å². The monoisotopic (exact) mass is 613 g/mol. The first kappa shape index (κ1) is 25.9. The van der Waals surface area contributed by atoms with Gasteiger partial charge in [-0.2, -0.15) is 9.78 Å². The lowest BCUT2D eigenvalue weighted by atomic mass is 10.2. The second-order valence-electron chi connectivity index (χ2n) is 8.89. The van der Waals surface area contributed by atoms with Gasteiger partial charge in [0.25, 0.3) is 5.56 Å². The summed E-state index contributed by atoms with van der Waals surface area (Å²) < 4.78 is 19.9. The predicted molar refractivity (Wildman–Crippen MR) is 161 cm³/mol. The fourth-order valence-corrected chi connectivity index (χ4v) is 4.77. The number of fused-ring (bicyclic) bond motifs is 2. The summed E-state index contributed by atoms with van der Waals surface area (Å²) in [6, 6.07) is 27.5. The van der Waals surface area contributed by atoms with Crippen molar-refractivity contribution in [3.05, 3.63) is 122 Å². The molecule has 0 saturated heterocycles. The third-order valence-electron chi connectivity index (χ3n) is 6.31. The molecule has 198 valence electrons. The number of halogens is 2. The van der Waals surface area contributed by atoms with Gasteiger partial charge >= 0.3 is 0 Å². The molecule has 0 N–H and O–H groups in total. The van der Waals surface area contributed by atoms with Gasteiger partial charge in [-0.05, 0) is 66.2 Å². The Bertz CT molecular complexity index is 1950. The minimum Gasteiger partial charge on any atom is -0.496 e. The topological polar surface area (TPSA) is 78.9 Å². The first-order chi connectivity index (χ1) is 19.5. The van der Waals surface area contributed by atoms with Crippen LogP contribution in [-0.2, 0) is 6.61 Å². The molecule has 0 fully saturated rings. The number of rotatable bonds is 7. The van der Waals surface area contributed by atoms with Crippen molar-refractivity contribution in [1.82, 2.24) is 9.66 Å². The zero-order chi connectivity index (χ0) is 27.6. The smallest absolute Gasteiger partial charge is 0.282 e. The summed E-state index contributed by atoms with van der Waals surface area (Å²) in [6.45, 7) is 0.347. The Morgan fingerprint density at radius 3 is 2.62 bits per heavy atom. The Morgan fingerprint density at radius 2 is 1.80 bits per heavy atom. The van der Waals surface area contributed by atoms with Crippen LogP contribution in [0.25, 0.3) is 33.5 Å². The molecule has 2 aromatic heterocycles. The molecule has 0 aliphatic heterocycles. The maximum atomic E-state index is 13.7. The van der Waals surface area contributed by atoms with Crippen LogP contribution >= 0.6 is 27.5 Å². The van der Waals surface area contributed by atoms with E-state index >= 15 is 0 Å². The van der Waals surface area contributed by atoms with E-state index in [0.29, 0.717) is 50.9 Å². The number of hydrogen-bond donors (Lipinski definition) is 0. The van der Waals surface area contributed by atoms with Crippen LogP contribution in [0, 0.1) is 0 Å². The Balaban J connectivity index is 1.44. The number of aromatic nitrogens is 2. The molecule has 40 heavy (non-hydrogen) atoms. The molecule has 0 atom stereocenters. The third kappa shape index (κ3) is 5.11. The molecule has 9 heteroatoms. The molecule has 6 aromatic rings. The molecule has 0 radical (unpaired) electrons. The lowest BCUT2D eigenvalue weighted by molar-refractivity contribution is 0.306. The number of methoxy groups -OCH3 is 1. The van der Waals surface area contributed by atoms with Gasteiger partial charge in [0.05, 0.1) is 29.6 Å². The number of ether oxygens (including phenoxy) is 2. The molecule has 0 saturated carbocycles. The van der Waals surface area contributed by atoms with Crippen molar-refractivity contribution in [2.75, 3.05) is 7.11 Å². The van der Waals surface area contributed by atoms with Crippen LogP contribution in [0.15, 0.2) is 110 Å². The minimum atomic E-state index is -0.344. The molecular formula is C31H21BrClN3O4. The Hall–Kier alpha value is -4.40. The van der Waals surface area contributed by atoms with Gasteiger partial charge in [-0.1, -0.05) is 57.9 Å². The number of para-hydroxylation sites is 1. The second-order valence-corrected chi connectivity index (χ2v) is 10.2. The maximum absolute atomic E-state index is 13.7. The molecule has 0 spiro atoms. The zero-order valence-electron chi connectivity index (χ0n) is 21.2. The summed E-state index contributed by atoms with van der Waals surface area (Å²) in [5.74, 6) is 1.83. The molecule has 0 amide bonds. The first-order valence-corrected chi connectivity index (χ1v) is 13.5. The minimum absolute atomic E-state index is 0.248. The lowest BCUT2D eigenvalue weighted by Crippen LogP contribution is -2.20. The van der Waals surface area contributed by atoms with Gasteiger partial charge in [0.15, 0.2) is 5.76 Å². The Labute approximate surface area is 242 Å². The van der Waals surface area contributed by atoms with Gasteiger partial charge in [0.2, 0.25) is 5.82 Å². The maximum Gasteiger partial charge on any atom is 0.282 e. The zero-order valence-corrected chi connectivity index (χ0v) is 23.5. The van der Waals surface area contributed by atoms with Crippen LogP contribution in [0.5, 0.6) is 11.5 Å². The SMILES string of the molecule is COc1cccc2oc(-c3nc4ccccc4c(=O)n3N=Cc3cc(Cl)ccc3OCc3ccc(Br)cc3)cc12. The summed E-state index contributed by atoms with van der Waals surface area (Å²) in [6.07, 6.45) is 1.54. The summed E-state index contributed by atoms with van der Waals surface area (Å²) in [7, 11) is 1.59. The van der Waals surface area contributed by atoms with Gasteiger partial charge in [-0.25, -0.2) is 4.98 Å². The molecule has 4 aromatic carbocycles. The summed E-state index contributed by atoms with van der Waals surface area (Å²) in [4.78, 5) is 18.4. The van der Waals surface area contributed by atoms with Gasteiger partial charge in [-0.15, -0.1) is 0 Å². The molecule has 0 bridgehead atoms. The van der Waals surface area contributed by atoms with E-state index in [4.69, 9.17) is 30.5 Å². The van der Waals surface area contributed by atoms with Gasteiger partial charge in [0, 0.05) is 15.1 Å². The highest BCUT2D eigenvalue weighted by molar-refractivity contribution is 9.10. The predicted octanol–water partition coefficient (Wildman–Crippen LogP) is 7.70. The van der Waals surface area contributed by atoms with E-state index in [1.54, 1.807) is 49.6 Å². The van der Waals surface area contributed by atoms with Crippen molar-refractivity contribution in [2.24, 2.45) is 5.10 Å². The van der Waals surface area contributed by atoms with Crippen molar-refractivity contribution in [3.8, 4) is 23.1 Å². The fourth-order valence-electron chi connectivity index (χ4n) is 4.33. The third-order valence-corrected chi connectivity index (χ3v) is 7.07. The van der Waals surface area contributed by atoms with Crippen molar-refractivity contribution < 1.29 is 13.9 Å². The van der Waals surface area contributed by atoms with Crippen molar-refractivity contribution in [2.45, 2.75) is 6.61 Å². The van der Waals surface area contributed by atoms with E-state index in [2.05, 4.69) is 21.0 Å². The summed E-state index contributed by atoms with van der Waals surface area (Å²) in [5, 5.41) is 6.26. The number of benzene rings is 4. The van der Waals surface area contributed by atoms with Gasteiger partial charge < -0.3 is 13.9 Å². The average Bonchev–Trinajstić information content (AvgIpc) is 3.41. The highest BCUT2D eigenvalue weighted by atomic mass is 79.9. The second kappa shape index (κ2) is 11.0. The normalized spacial score (nSPS) is 11.5. The number of nitrogens with zero attached hydrogens (tertiary/aromatic N) is 3. The highest BCUT2D eigenvalue weighted by Crippen LogP contribution is 2.33. The first-order valence-electron chi connectivity index (χ1n) is 12.3. The van der Waals surface area contributed by atoms with Crippen LogP contribution in [0.3, 0.4) is 0 Å². The molecule has 0 unspecified atom stereocenters. The van der Waals surface area contributed by atoms with Crippen molar-refractivity contribution in [1.29, 1.82) is 0 Å². The van der Waals surface area contributed by atoms with Gasteiger partial charge in [0.1, 0.15) is 23.7 Å². The average molecular weight is 615 g/mol. The fraction of sp³-hybridized carbons (Fsp3) is 0.0645. The quantitative estimate of drug-likeness (QED) is 0.172. The largest absolute Gasteiger partial charge is 0.496 e. The Morgan fingerprint density at radius 1 is 0.975 bits per heavy atom. The van der Waals surface area contributed by atoms with E-state index in [1.165, 1.54) is 10.9 Å². The standard InChI is InChI=1S/C31H21BrClN3O4/c1-38-27-7-4-8-28-24(27)16-29(40-28)30-35-25-6-3-2-5-23(25)31(37)36(30)34-17-20-15-22(33)13-14-26(20)39-18-19-9-11-21(32)12-10-19/h2-17H,18H2,1H3. The van der Waals surface area contributed by atoms with E-state index in [9.17, 15) is 4.79 Å². The number of furan rings is 1. The van der Waals surface area contributed by atoms with E-state index < -0.39 is 0 Å². The van der Waals surface area contributed by atoms with Crippen molar-refractivity contribution in [3.63, 3.8) is 0 Å². The van der Waals surface area contributed by atoms with Crippen molar-refractivity contribution >= 4 is 55.6 Å². The van der Waals surface area contributed by atoms with Gasteiger partial charge in [-0.3, -0.25) is 4.79 Å². The molecule has 0 aliphatic carbocycles. The lowest BCUT2D eigenvalue weighted by Gasteiger charge is -2.11. The van der Waals surface area contributed by atoms with Crippen LogP contribution < -0.4 is 15.0 Å². The highest BCUT2D eigenvalue weighted by Gasteiger charge is 2.18. The van der Waals surface area contributed by atoms with E-state index in [-0.39, 0.29) is 11.4 Å². The molecule has 7 nitrogen and oxygen atoms in total. The van der Waals surface area contributed by atoms with Crippen LogP contribution in [0.1, 0.15) is 11.1 Å². The van der Waals surface area contributed by atoms with E-state index in [0.717, 1.165) is 15.4 Å². The molecule has 0 aliphatic rings. The van der Waals surface area contributed by atoms with Crippen LogP contribution in [-0.4, -0.2) is 23.0 Å². The summed E-state index contributed by atoms with van der Waals surface area (Å²) in [5.41, 5.74) is 2.39.